The highest BCUT2D eigenvalue weighted by atomic mass is 32.2. The zero-order valence-electron chi connectivity index (χ0n) is 10.9. The molecule has 0 spiro atoms. The summed E-state index contributed by atoms with van der Waals surface area (Å²) in [5.41, 5.74) is 0.171. The van der Waals surface area contributed by atoms with E-state index in [-0.39, 0.29) is 5.41 Å². The molecule has 0 amide bonds. The van der Waals surface area contributed by atoms with E-state index in [0.29, 0.717) is 23.5 Å². The van der Waals surface area contributed by atoms with Crippen LogP contribution < -0.4 is 5.32 Å². The first-order valence-electron chi connectivity index (χ1n) is 7.11. The Hall–Kier alpha value is -0.130. The minimum Gasteiger partial charge on any atom is -0.381 e. The van der Waals surface area contributed by atoms with E-state index in [4.69, 9.17) is 4.74 Å². The van der Waals surface area contributed by atoms with E-state index >= 15 is 0 Å². The van der Waals surface area contributed by atoms with E-state index < -0.39 is 9.84 Å². The molecule has 2 aliphatic heterocycles. The number of ether oxygens (including phenoxy) is 1. The fraction of sp³-hybridized carbons (Fsp3) is 1.00. The summed E-state index contributed by atoms with van der Waals surface area (Å²) in [6.07, 6.45) is 5.47. The topological polar surface area (TPSA) is 55.4 Å². The smallest absolute Gasteiger partial charge is 0.150 e. The van der Waals surface area contributed by atoms with Gasteiger partial charge in [0.15, 0.2) is 9.84 Å². The summed E-state index contributed by atoms with van der Waals surface area (Å²) < 4.78 is 28.9. The van der Waals surface area contributed by atoms with Gasteiger partial charge in [-0.3, -0.25) is 0 Å². The first kappa shape index (κ1) is 12.9. The molecule has 1 N–H and O–H groups in total. The molecule has 2 saturated heterocycles. The Morgan fingerprint density at radius 3 is 2.44 bits per heavy atom. The van der Waals surface area contributed by atoms with Crippen LogP contribution in [-0.4, -0.2) is 45.7 Å². The predicted molar refractivity (Wildman–Crippen MR) is 70.3 cm³/mol. The van der Waals surface area contributed by atoms with Gasteiger partial charge in [-0.15, -0.1) is 0 Å². The van der Waals surface area contributed by atoms with Crippen molar-refractivity contribution < 1.29 is 13.2 Å². The lowest BCUT2D eigenvalue weighted by Crippen LogP contribution is -2.45. The zero-order valence-corrected chi connectivity index (χ0v) is 11.7. The predicted octanol–water partition coefficient (Wildman–Crippen LogP) is 0.970. The molecule has 3 fully saturated rings. The molecule has 104 valence electrons. The average Bonchev–Trinajstić information content (AvgIpc) is 3.11. The van der Waals surface area contributed by atoms with Gasteiger partial charge < -0.3 is 10.1 Å². The Kier molecular flexibility index (Phi) is 3.41. The van der Waals surface area contributed by atoms with Crippen LogP contribution in [0.1, 0.15) is 32.1 Å². The summed E-state index contributed by atoms with van der Waals surface area (Å²) in [6, 6.07) is 0.697. The molecule has 3 aliphatic rings. The second kappa shape index (κ2) is 4.76. The lowest BCUT2D eigenvalue weighted by molar-refractivity contribution is -0.0125. The molecule has 1 atom stereocenters. The molecule has 2 heterocycles. The summed E-state index contributed by atoms with van der Waals surface area (Å²) in [5, 5.41) is 3.62. The molecule has 0 radical (unpaired) electrons. The van der Waals surface area contributed by atoms with Crippen molar-refractivity contribution in [2.75, 3.05) is 31.3 Å². The SMILES string of the molecule is O=S1(=O)CCC(C2(CNC3CC3)CCOCC2)C1. The van der Waals surface area contributed by atoms with E-state index in [0.717, 1.165) is 39.0 Å². The maximum atomic E-state index is 11.7. The van der Waals surface area contributed by atoms with Crippen LogP contribution in [0.4, 0.5) is 0 Å². The third-order valence-corrected chi connectivity index (χ3v) is 6.68. The largest absolute Gasteiger partial charge is 0.381 e. The summed E-state index contributed by atoms with van der Waals surface area (Å²) >= 11 is 0. The summed E-state index contributed by atoms with van der Waals surface area (Å²) in [5.74, 6) is 1.14. The molecule has 1 aliphatic carbocycles. The van der Waals surface area contributed by atoms with E-state index in [1.807, 2.05) is 0 Å². The minimum absolute atomic E-state index is 0.171. The average molecular weight is 273 g/mol. The highest BCUT2D eigenvalue weighted by molar-refractivity contribution is 7.91. The highest BCUT2D eigenvalue weighted by Crippen LogP contribution is 2.43. The van der Waals surface area contributed by atoms with Crippen LogP contribution in [0.15, 0.2) is 0 Å². The van der Waals surface area contributed by atoms with Gasteiger partial charge in [-0.25, -0.2) is 8.42 Å². The summed E-state index contributed by atoms with van der Waals surface area (Å²) in [7, 11) is -2.77. The Labute approximate surface area is 109 Å². The Morgan fingerprint density at radius 2 is 1.89 bits per heavy atom. The van der Waals surface area contributed by atoms with Crippen molar-refractivity contribution in [3.63, 3.8) is 0 Å². The van der Waals surface area contributed by atoms with Crippen LogP contribution in [0.5, 0.6) is 0 Å². The molecule has 0 bridgehead atoms. The van der Waals surface area contributed by atoms with E-state index in [2.05, 4.69) is 5.32 Å². The van der Waals surface area contributed by atoms with Crippen LogP contribution in [0.3, 0.4) is 0 Å². The van der Waals surface area contributed by atoms with Crippen molar-refractivity contribution in [2.24, 2.45) is 11.3 Å². The van der Waals surface area contributed by atoms with Gasteiger partial charge in [0.1, 0.15) is 0 Å². The number of sulfone groups is 1. The van der Waals surface area contributed by atoms with Crippen LogP contribution in [0.25, 0.3) is 0 Å². The maximum Gasteiger partial charge on any atom is 0.150 e. The number of hydrogen-bond acceptors (Lipinski definition) is 4. The molecule has 4 nitrogen and oxygen atoms in total. The van der Waals surface area contributed by atoms with Gasteiger partial charge in [0.05, 0.1) is 11.5 Å². The fourth-order valence-corrected chi connectivity index (χ4v) is 5.36. The first-order chi connectivity index (χ1) is 8.60. The zero-order chi connectivity index (χ0) is 12.6. The number of hydrogen-bond donors (Lipinski definition) is 1. The van der Waals surface area contributed by atoms with Gasteiger partial charge in [0, 0.05) is 25.8 Å². The normalized spacial score (nSPS) is 34.6. The van der Waals surface area contributed by atoms with Crippen molar-refractivity contribution >= 4 is 9.84 Å². The van der Waals surface area contributed by atoms with Gasteiger partial charge in [-0.05, 0) is 43.4 Å². The standard InChI is InChI=1S/C13H23NO3S/c15-18(16)8-3-11(9-18)13(4-6-17-7-5-13)10-14-12-1-2-12/h11-12,14H,1-10H2. The lowest BCUT2D eigenvalue weighted by atomic mass is 9.69. The fourth-order valence-electron chi connectivity index (χ4n) is 3.42. The van der Waals surface area contributed by atoms with E-state index in [1.54, 1.807) is 0 Å². The van der Waals surface area contributed by atoms with Gasteiger partial charge in [-0.1, -0.05) is 0 Å². The van der Waals surface area contributed by atoms with E-state index in [9.17, 15) is 8.42 Å². The minimum atomic E-state index is -2.77. The molecule has 0 aromatic rings. The second-order valence-corrected chi connectivity index (χ2v) is 8.46. The van der Waals surface area contributed by atoms with Gasteiger partial charge >= 0.3 is 0 Å². The quantitative estimate of drug-likeness (QED) is 0.829. The van der Waals surface area contributed by atoms with Crippen LogP contribution >= 0.6 is 0 Å². The van der Waals surface area contributed by atoms with Crippen LogP contribution in [0, 0.1) is 11.3 Å². The van der Waals surface area contributed by atoms with Crippen LogP contribution in [0.2, 0.25) is 0 Å². The molecular weight excluding hydrogens is 250 g/mol. The molecule has 1 unspecified atom stereocenters. The highest BCUT2D eigenvalue weighted by Gasteiger charge is 2.45. The van der Waals surface area contributed by atoms with Crippen molar-refractivity contribution in [3.8, 4) is 0 Å². The monoisotopic (exact) mass is 273 g/mol. The van der Waals surface area contributed by atoms with Crippen molar-refractivity contribution in [3.05, 3.63) is 0 Å². The van der Waals surface area contributed by atoms with Crippen molar-refractivity contribution in [2.45, 2.75) is 38.1 Å². The number of nitrogens with one attached hydrogen (secondary N) is 1. The molecule has 5 heteroatoms. The second-order valence-electron chi connectivity index (χ2n) is 6.23. The Bertz CT molecular complexity index is 396. The van der Waals surface area contributed by atoms with Gasteiger partial charge in [-0.2, -0.15) is 0 Å². The Morgan fingerprint density at radius 1 is 1.17 bits per heavy atom. The molecule has 18 heavy (non-hydrogen) atoms. The molecular formula is C13H23NO3S. The number of rotatable bonds is 4. The molecule has 0 aromatic carbocycles. The summed E-state index contributed by atoms with van der Waals surface area (Å²) in [6.45, 7) is 2.58. The molecule has 1 saturated carbocycles. The first-order valence-corrected chi connectivity index (χ1v) is 8.93. The third-order valence-electron chi connectivity index (χ3n) is 4.91. The van der Waals surface area contributed by atoms with Crippen LogP contribution in [-0.2, 0) is 14.6 Å². The van der Waals surface area contributed by atoms with E-state index in [1.165, 1.54) is 12.8 Å². The van der Waals surface area contributed by atoms with Gasteiger partial charge in [0.2, 0.25) is 0 Å². The maximum absolute atomic E-state index is 11.7. The summed E-state index contributed by atoms with van der Waals surface area (Å²) in [4.78, 5) is 0. The molecule has 0 aromatic heterocycles. The third kappa shape index (κ3) is 2.73. The van der Waals surface area contributed by atoms with Crippen molar-refractivity contribution in [1.82, 2.24) is 5.32 Å². The Balaban J connectivity index is 1.71. The lowest BCUT2D eigenvalue weighted by Gasteiger charge is -2.42. The van der Waals surface area contributed by atoms with Gasteiger partial charge in [0.25, 0.3) is 0 Å². The van der Waals surface area contributed by atoms with Crippen molar-refractivity contribution in [1.29, 1.82) is 0 Å². The molecule has 3 rings (SSSR count).